The highest BCUT2D eigenvalue weighted by molar-refractivity contribution is 7.59. The lowest BCUT2D eigenvalue weighted by Gasteiger charge is -1.38. The van der Waals surface area contributed by atoms with Crippen LogP contribution in [0.25, 0.3) is 0 Å². The average molecular weight is 186 g/mol. The first-order chi connectivity index (χ1) is 4.63. The van der Waals surface area contributed by atoms with Crippen molar-refractivity contribution in [1.82, 2.24) is 0 Å². The summed E-state index contributed by atoms with van der Waals surface area (Å²) in [5.74, 6) is -0.407. The zero-order chi connectivity index (χ0) is 7.98. The quantitative estimate of drug-likeness (QED) is 0.383. The lowest BCUT2D eigenvalue weighted by molar-refractivity contribution is -0.00000896. The van der Waals surface area contributed by atoms with E-state index >= 15 is 0 Å². The fraction of sp³-hybridized carbons (Fsp3) is 0. The fourth-order valence-electron chi connectivity index (χ4n) is 0.200. The Balaban J connectivity index is 0. The van der Waals surface area contributed by atoms with Crippen molar-refractivity contribution in [2.24, 2.45) is 0 Å². The summed E-state index contributed by atoms with van der Waals surface area (Å²) in [6, 6.07) is 0. The van der Waals surface area contributed by atoms with Gasteiger partial charge in [-0.2, -0.15) is 0 Å². The third-order valence-corrected chi connectivity index (χ3v) is 0.393. The van der Waals surface area contributed by atoms with Crippen molar-refractivity contribution in [2.75, 3.05) is 0 Å². The van der Waals surface area contributed by atoms with Gasteiger partial charge in [0.05, 0.1) is 0 Å². The highest BCUT2D eigenvalue weighted by Gasteiger charge is 1.90. The Morgan fingerprint density at radius 1 is 1.18 bits per heavy atom. The van der Waals surface area contributed by atoms with E-state index in [0.717, 1.165) is 0 Å². The van der Waals surface area contributed by atoms with Gasteiger partial charge in [-0.05, 0) is 0 Å². The van der Waals surface area contributed by atoms with Crippen LogP contribution in [0.5, 0.6) is 0 Å². The highest BCUT2D eigenvalue weighted by atomic mass is 32.2. The van der Waals surface area contributed by atoms with Gasteiger partial charge in [-0.1, -0.05) is 0 Å². The van der Waals surface area contributed by atoms with E-state index in [0.29, 0.717) is 0 Å². The topological polar surface area (TPSA) is 98.9 Å². The molecule has 0 aliphatic carbocycles. The number of hydrogen-bond acceptors (Lipinski definition) is 5. The van der Waals surface area contributed by atoms with Gasteiger partial charge in [0.25, 0.3) is 0 Å². The summed E-state index contributed by atoms with van der Waals surface area (Å²) in [4.78, 5) is 8.14. The van der Waals surface area contributed by atoms with Gasteiger partial charge in [-0.25, -0.2) is 0 Å². The van der Waals surface area contributed by atoms with Gasteiger partial charge in [0, 0.05) is 0 Å². The van der Waals surface area contributed by atoms with Crippen molar-refractivity contribution in [1.29, 1.82) is 0 Å². The predicted octanol–water partition coefficient (Wildman–Crippen LogP) is -4.12. The zero-order valence-electron chi connectivity index (χ0n) is 4.93. The summed E-state index contributed by atoms with van der Waals surface area (Å²) >= 11 is 0. The molecule has 0 aliphatic rings. The molecule has 0 saturated heterocycles. The molecule has 0 radical (unpaired) electrons. The molecule has 0 atom stereocenters. The molecule has 0 fully saturated rings. The van der Waals surface area contributed by atoms with Gasteiger partial charge < -0.3 is 9.50 Å². The average Bonchev–Trinajstić information content (AvgIpc) is 2.15. The molecule has 1 rings (SSSR count). The minimum absolute atomic E-state index is 0. The highest BCUT2D eigenvalue weighted by Crippen LogP contribution is 1.69. The van der Waals surface area contributed by atoms with E-state index in [4.69, 9.17) is 17.4 Å². The fourth-order valence-corrected chi connectivity index (χ4v) is 0.200. The Hall–Kier alpha value is -1.44. The van der Waals surface area contributed by atoms with E-state index in [1.807, 2.05) is 0 Å². The molecule has 64 valence electrons. The maximum absolute atomic E-state index is 8.44. The Kier molecular flexibility index (Phi) is 7.44. The van der Waals surface area contributed by atoms with Crippen LogP contribution in [-0.2, 0) is 10.6 Å². The molecule has 0 saturated carbocycles. The van der Waals surface area contributed by atoms with Crippen LogP contribution in [0.15, 0.2) is 21.4 Å². The molecular weight excluding hydrogens is 183 g/mol. The second kappa shape index (κ2) is 6.68. The molecule has 0 bridgehead atoms. The Morgan fingerprint density at radius 2 is 1.45 bits per heavy atom. The van der Waals surface area contributed by atoms with Crippen LogP contribution in [0.4, 0.5) is 0 Å². The normalized spacial score (nSPS) is 6.91. The first-order valence-electron chi connectivity index (χ1n) is 1.94. The zero-order valence-corrected chi connectivity index (χ0v) is 5.75. The van der Waals surface area contributed by atoms with Crippen LogP contribution in [0, 0.1) is 0 Å². The van der Waals surface area contributed by atoms with E-state index < -0.39 is 16.4 Å². The lowest BCUT2D eigenvalue weighted by Crippen LogP contribution is -3.00. The van der Waals surface area contributed by atoms with Crippen molar-refractivity contribution in [3.05, 3.63) is 18.3 Å². The van der Waals surface area contributed by atoms with Crippen molar-refractivity contribution >= 4 is 10.6 Å². The van der Waals surface area contributed by atoms with Crippen LogP contribution < -0.4 is 10.5 Å². The van der Waals surface area contributed by atoms with Crippen LogP contribution in [0.2, 0.25) is 0 Å². The first-order valence-corrected chi connectivity index (χ1v) is 2.94. The van der Waals surface area contributed by atoms with Crippen molar-refractivity contribution in [3.8, 4) is 0 Å². The van der Waals surface area contributed by atoms with Gasteiger partial charge in [0.1, 0.15) is 0 Å². The van der Waals surface area contributed by atoms with Crippen LogP contribution >= 0.6 is 0 Å². The Morgan fingerprint density at radius 3 is 1.55 bits per heavy atom. The number of halogens is 1. The predicted molar refractivity (Wildman–Crippen MR) is 25.7 cm³/mol. The number of hydrogen-bond donors (Lipinski definition) is 0. The van der Waals surface area contributed by atoms with E-state index in [1.165, 1.54) is 12.5 Å². The van der Waals surface area contributed by atoms with Crippen molar-refractivity contribution in [3.63, 3.8) is 0 Å². The van der Waals surface area contributed by atoms with Crippen molar-refractivity contribution in [2.45, 2.75) is 0 Å². The molecule has 0 spiro atoms. The third kappa shape index (κ3) is 11.9. The molecule has 6 nitrogen and oxygen atoms in total. The molecule has 1 aromatic rings. The molecule has 0 aromatic carbocycles. The molecule has 1 heterocycles. The molecule has 1 N–H and O–H groups in total. The second-order valence-corrected chi connectivity index (χ2v) is 1.39. The maximum Gasteiger partial charge on any atom is 0.723 e. The van der Waals surface area contributed by atoms with Crippen LogP contribution in [0.3, 0.4) is 0 Å². The van der Waals surface area contributed by atoms with Gasteiger partial charge in [0.2, 0.25) is 12.5 Å². The molecule has 8 heteroatoms. The lowest BCUT2D eigenvalue weighted by atomic mass is 11.1. The summed E-state index contributed by atoms with van der Waals surface area (Å²) in [6.07, 6.45) is 2.49. The summed E-state index contributed by atoms with van der Waals surface area (Å²) in [5, 5.41) is 0. The van der Waals surface area contributed by atoms with Gasteiger partial charge in [-0.3, -0.25) is 8.83 Å². The third-order valence-electron chi connectivity index (χ3n) is 0.393. The summed E-state index contributed by atoms with van der Waals surface area (Å²) in [6.45, 7) is 0. The molecule has 0 aliphatic heterocycles. The van der Waals surface area contributed by atoms with E-state index in [9.17, 15) is 0 Å². The summed E-state index contributed by atoms with van der Waals surface area (Å²) in [7, 11) is -3.11. The molecule has 11 heavy (non-hydrogen) atoms. The molecular formula is C3H3FO6S. The smallest absolute Gasteiger partial charge is 0.723 e. The van der Waals surface area contributed by atoms with E-state index in [2.05, 4.69) is 8.83 Å². The Bertz CT molecular complexity index is 294. The summed E-state index contributed by atoms with van der Waals surface area (Å²) < 4.78 is 33.8. The Labute approximate surface area is 60.9 Å². The van der Waals surface area contributed by atoms with Gasteiger partial charge in [-0.15, -0.1) is 12.6 Å². The van der Waals surface area contributed by atoms with E-state index in [1.54, 1.807) is 0 Å². The van der Waals surface area contributed by atoms with E-state index in [-0.39, 0.29) is 4.70 Å². The van der Waals surface area contributed by atoms with Gasteiger partial charge >= 0.3 is 16.4 Å². The number of rotatable bonds is 0. The van der Waals surface area contributed by atoms with Gasteiger partial charge in [0.15, 0.2) is 0 Å². The molecule has 0 amide bonds. The largest absolute Gasteiger partial charge is 1.00 e. The minimum Gasteiger partial charge on any atom is -1.00 e. The molecule has 1 aromatic heterocycles. The SMILES string of the molecule is O=S(=O)=O.[F-].[OH+]=c1occo1. The maximum atomic E-state index is 8.44. The summed E-state index contributed by atoms with van der Waals surface area (Å²) in [5.41, 5.74) is 0. The van der Waals surface area contributed by atoms with Crippen LogP contribution in [-0.4, -0.2) is 17.4 Å². The molecule has 0 unspecified atom stereocenters. The van der Waals surface area contributed by atoms with Crippen LogP contribution in [0.1, 0.15) is 0 Å². The monoisotopic (exact) mass is 186 g/mol. The minimum atomic E-state index is -3.11. The second-order valence-electron chi connectivity index (χ2n) is 0.978. The first kappa shape index (κ1) is 12.3. The standard InChI is InChI=1S/C3H2O3.FH.O3S/c4-3-5-1-2-6-3;;1-4(2)3/h1-2H;1H;. The van der Waals surface area contributed by atoms with Crippen molar-refractivity contribution < 1.29 is 31.0 Å².